The maximum absolute atomic E-state index is 5.55. The van der Waals surface area contributed by atoms with Crippen LogP contribution < -0.4 is 5.32 Å². The molecule has 1 saturated heterocycles. The number of furan rings is 1. The second-order valence-corrected chi connectivity index (χ2v) is 5.20. The molecule has 19 heavy (non-hydrogen) atoms. The molecule has 5 nitrogen and oxygen atoms in total. The van der Waals surface area contributed by atoms with Gasteiger partial charge < -0.3 is 14.3 Å². The summed E-state index contributed by atoms with van der Waals surface area (Å²) < 4.78 is 10.8. The Hall–Kier alpha value is -1.62. The zero-order valence-corrected chi connectivity index (χ0v) is 11.4. The Morgan fingerprint density at radius 3 is 2.79 bits per heavy atom. The van der Waals surface area contributed by atoms with E-state index in [-0.39, 0.29) is 5.41 Å². The Morgan fingerprint density at radius 2 is 2.16 bits per heavy atom. The molecule has 0 saturated carbocycles. The average Bonchev–Trinajstić information content (AvgIpc) is 3.08. The van der Waals surface area contributed by atoms with E-state index in [9.17, 15) is 0 Å². The van der Waals surface area contributed by atoms with E-state index in [4.69, 9.17) is 8.94 Å². The van der Waals surface area contributed by atoms with Gasteiger partial charge in [-0.3, -0.25) is 0 Å². The summed E-state index contributed by atoms with van der Waals surface area (Å²) in [6.07, 6.45) is 4.78. The number of nitrogens with one attached hydrogen (secondary N) is 1. The molecule has 0 atom stereocenters. The van der Waals surface area contributed by atoms with Crippen LogP contribution in [0.1, 0.15) is 37.8 Å². The third-order valence-corrected chi connectivity index (χ3v) is 4.22. The van der Waals surface area contributed by atoms with Crippen molar-refractivity contribution in [2.75, 3.05) is 13.1 Å². The molecule has 0 radical (unpaired) electrons. The molecule has 0 amide bonds. The lowest BCUT2D eigenvalue weighted by Gasteiger charge is -2.33. The largest absolute Gasteiger partial charge is 0.469 e. The summed E-state index contributed by atoms with van der Waals surface area (Å²) in [5.41, 5.74) is 0.948. The second-order valence-electron chi connectivity index (χ2n) is 5.20. The molecule has 2 aromatic heterocycles. The zero-order chi connectivity index (χ0) is 13.3. The fourth-order valence-corrected chi connectivity index (χ4v) is 2.79. The predicted octanol–water partition coefficient (Wildman–Crippen LogP) is 2.67. The van der Waals surface area contributed by atoms with E-state index in [2.05, 4.69) is 22.4 Å². The van der Waals surface area contributed by atoms with Crippen LogP contribution in [0.2, 0.25) is 0 Å². The van der Waals surface area contributed by atoms with E-state index in [1.54, 1.807) is 6.26 Å². The van der Waals surface area contributed by atoms with Crippen molar-refractivity contribution in [3.05, 3.63) is 24.0 Å². The quantitative estimate of drug-likeness (QED) is 0.920. The van der Waals surface area contributed by atoms with Gasteiger partial charge in [0.1, 0.15) is 5.76 Å². The third kappa shape index (κ3) is 2.08. The van der Waals surface area contributed by atoms with Gasteiger partial charge in [0, 0.05) is 0 Å². The van der Waals surface area contributed by atoms with E-state index in [0.717, 1.165) is 49.6 Å². The number of aryl methyl sites for hydroxylation is 1. The van der Waals surface area contributed by atoms with Crippen LogP contribution in [0.4, 0.5) is 0 Å². The summed E-state index contributed by atoms with van der Waals surface area (Å²) in [4.78, 5) is 4.61. The van der Waals surface area contributed by atoms with Crippen LogP contribution in [0.5, 0.6) is 0 Å². The molecule has 0 aromatic carbocycles. The van der Waals surface area contributed by atoms with Gasteiger partial charge in [-0.2, -0.15) is 4.98 Å². The van der Waals surface area contributed by atoms with Crippen LogP contribution in [0.25, 0.3) is 11.4 Å². The maximum atomic E-state index is 5.55. The Morgan fingerprint density at radius 1 is 1.37 bits per heavy atom. The van der Waals surface area contributed by atoms with E-state index in [0.29, 0.717) is 5.82 Å². The molecule has 1 fully saturated rings. The van der Waals surface area contributed by atoms with Crippen LogP contribution in [0, 0.1) is 6.92 Å². The first kappa shape index (κ1) is 12.4. The van der Waals surface area contributed by atoms with Gasteiger partial charge in [0.15, 0.2) is 0 Å². The number of hydrogen-bond acceptors (Lipinski definition) is 5. The van der Waals surface area contributed by atoms with Gasteiger partial charge in [-0.05, 0) is 45.3 Å². The fourth-order valence-electron chi connectivity index (χ4n) is 2.79. The Balaban J connectivity index is 1.94. The molecule has 0 spiro atoms. The predicted molar refractivity (Wildman–Crippen MR) is 70.8 cm³/mol. The van der Waals surface area contributed by atoms with E-state index >= 15 is 0 Å². The van der Waals surface area contributed by atoms with Crippen LogP contribution >= 0.6 is 0 Å². The lowest BCUT2D eigenvalue weighted by Crippen LogP contribution is -2.39. The summed E-state index contributed by atoms with van der Waals surface area (Å²) in [5, 5.41) is 7.50. The van der Waals surface area contributed by atoms with E-state index < -0.39 is 0 Å². The Labute approximate surface area is 112 Å². The minimum absolute atomic E-state index is 0.0359. The Kier molecular flexibility index (Phi) is 3.14. The van der Waals surface area contributed by atoms with Crippen molar-refractivity contribution < 1.29 is 8.94 Å². The topological polar surface area (TPSA) is 64.1 Å². The first-order chi connectivity index (χ1) is 9.25. The monoisotopic (exact) mass is 261 g/mol. The number of hydrogen-bond donors (Lipinski definition) is 1. The molecule has 102 valence electrons. The SMILES string of the molecule is CCC1(c2nc(-c3ccoc3C)no2)CCNCC1. The molecule has 3 heterocycles. The summed E-state index contributed by atoms with van der Waals surface area (Å²) in [6, 6.07) is 1.88. The van der Waals surface area contributed by atoms with Crippen LogP contribution in [0.3, 0.4) is 0 Å². The number of nitrogens with zero attached hydrogens (tertiary/aromatic N) is 2. The number of piperidine rings is 1. The summed E-state index contributed by atoms with van der Waals surface area (Å²) in [6.45, 7) is 6.12. The molecule has 1 aliphatic heterocycles. The molecular weight excluding hydrogens is 242 g/mol. The lowest BCUT2D eigenvalue weighted by atomic mass is 9.76. The van der Waals surface area contributed by atoms with Crippen molar-refractivity contribution in [3.8, 4) is 11.4 Å². The summed E-state index contributed by atoms with van der Waals surface area (Å²) in [7, 11) is 0. The van der Waals surface area contributed by atoms with Gasteiger partial charge in [0.25, 0.3) is 0 Å². The van der Waals surface area contributed by atoms with Crippen molar-refractivity contribution in [2.45, 2.75) is 38.5 Å². The normalized spacial score (nSPS) is 18.6. The van der Waals surface area contributed by atoms with Crippen LogP contribution in [-0.4, -0.2) is 23.2 Å². The minimum atomic E-state index is 0.0359. The van der Waals surface area contributed by atoms with Gasteiger partial charge >= 0.3 is 0 Å². The number of rotatable bonds is 3. The minimum Gasteiger partial charge on any atom is -0.469 e. The van der Waals surface area contributed by atoms with Gasteiger partial charge in [0.05, 0.1) is 17.2 Å². The first-order valence-corrected chi connectivity index (χ1v) is 6.84. The van der Waals surface area contributed by atoms with Crippen molar-refractivity contribution in [3.63, 3.8) is 0 Å². The standard InChI is InChI=1S/C14H19N3O2/c1-3-14(5-7-15-8-6-14)13-16-12(17-19-13)11-4-9-18-10(11)2/h4,9,15H,3,5-8H2,1-2H3. The van der Waals surface area contributed by atoms with Gasteiger partial charge in [-0.15, -0.1) is 0 Å². The molecule has 3 rings (SSSR count). The molecule has 0 unspecified atom stereocenters. The van der Waals surface area contributed by atoms with Crippen molar-refractivity contribution in [1.82, 2.24) is 15.5 Å². The maximum Gasteiger partial charge on any atom is 0.233 e. The van der Waals surface area contributed by atoms with Gasteiger partial charge in [-0.25, -0.2) is 0 Å². The highest BCUT2D eigenvalue weighted by atomic mass is 16.5. The number of aromatic nitrogens is 2. The molecule has 1 aliphatic rings. The van der Waals surface area contributed by atoms with E-state index in [1.807, 2.05) is 13.0 Å². The van der Waals surface area contributed by atoms with Crippen molar-refractivity contribution in [2.24, 2.45) is 0 Å². The molecule has 0 bridgehead atoms. The smallest absolute Gasteiger partial charge is 0.233 e. The highest BCUT2D eigenvalue weighted by molar-refractivity contribution is 5.56. The average molecular weight is 261 g/mol. The molecule has 0 aliphatic carbocycles. The fraction of sp³-hybridized carbons (Fsp3) is 0.571. The Bertz CT molecular complexity index is 553. The van der Waals surface area contributed by atoms with Gasteiger partial charge in [0.2, 0.25) is 11.7 Å². The molecular formula is C14H19N3O2. The molecule has 5 heteroatoms. The highest BCUT2D eigenvalue weighted by Crippen LogP contribution is 2.36. The summed E-state index contributed by atoms with van der Waals surface area (Å²) in [5.74, 6) is 2.22. The lowest BCUT2D eigenvalue weighted by molar-refractivity contribution is 0.216. The van der Waals surface area contributed by atoms with Crippen LogP contribution in [-0.2, 0) is 5.41 Å². The van der Waals surface area contributed by atoms with Crippen LogP contribution in [0.15, 0.2) is 21.3 Å². The van der Waals surface area contributed by atoms with Crippen molar-refractivity contribution in [1.29, 1.82) is 0 Å². The zero-order valence-electron chi connectivity index (χ0n) is 11.4. The highest BCUT2D eigenvalue weighted by Gasteiger charge is 2.37. The van der Waals surface area contributed by atoms with Crippen molar-refractivity contribution >= 4 is 0 Å². The molecule has 2 aromatic rings. The third-order valence-electron chi connectivity index (χ3n) is 4.22. The van der Waals surface area contributed by atoms with Gasteiger partial charge in [-0.1, -0.05) is 12.1 Å². The van der Waals surface area contributed by atoms with E-state index in [1.165, 1.54) is 0 Å². The summed E-state index contributed by atoms with van der Waals surface area (Å²) >= 11 is 0. The second kappa shape index (κ2) is 4.81. The molecule has 1 N–H and O–H groups in total. The first-order valence-electron chi connectivity index (χ1n) is 6.84.